The molecule has 2 aliphatic rings. The highest BCUT2D eigenvalue weighted by atomic mass is 16.6. The van der Waals surface area contributed by atoms with E-state index in [0.29, 0.717) is 6.61 Å². The van der Waals surface area contributed by atoms with Crippen LogP contribution in [0.3, 0.4) is 0 Å². The van der Waals surface area contributed by atoms with Crippen LogP contribution >= 0.6 is 0 Å². The number of rotatable bonds is 3. The molecular weight excluding hydrogens is 230 g/mol. The molecule has 0 fully saturated rings. The zero-order valence-corrected chi connectivity index (χ0v) is 10.5. The molecule has 4 heteroatoms. The van der Waals surface area contributed by atoms with Crippen LogP contribution in [-0.2, 0) is 24.1 Å². The maximum Gasteiger partial charge on any atom is 0.126 e. The van der Waals surface area contributed by atoms with Crippen molar-refractivity contribution in [2.45, 2.75) is 32.1 Å². The van der Waals surface area contributed by atoms with Crippen LogP contribution in [0, 0.1) is 0 Å². The molecule has 4 nitrogen and oxygen atoms in total. The van der Waals surface area contributed by atoms with Crippen molar-refractivity contribution in [3.63, 3.8) is 0 Å². The highest BCUT2D eigenvalue weighted by molar-refractivity contribution is 5.55. The van der Waals surface area contributed by atoms with Crippen molar-refractivity contribution in [1.29, 1.82) is 0 Å². The largest absolute Gasteiger partial charge is 0.493 e. The van der Waals surface area contributed by atoms with Gasteiger partial charge in [-0.3, -0.25) is 0 Å². The molecule has 0 unspecified atom stereocenters. The van der Waals surface area contributed by atoms with Gasteiger partial charge in [0, 0.05) is 17.5 Å². The monoisotopic (exact) mass is 249 g/mol. The Balaban J connectivity index is 2.05. The van der Waals surface area contributed by atoms with E-state index in [9.17, 15) is 0 Å². The molecule has 1 aromatic carbocycles. The first-order valence-corrected chi connectivity index (χ1v) is 6.65. The highest BCUT2D eigenvalue weighted by Gasteiger charge is 2.23. The Hall–Kier alpha value is -1.26. The molecule has 0 aliphatic carbocycles. The standard InChI is InChI=1S/C14H19NO3/c15-18-8-5-12-11-4-2-6-16-13(11)9-10-3-1-7-17-14(10)12/h9H,1-8,15H2. The zero-order chi connectivity index (χ0) is 12.4. The fourth-order valence-corrected chi connectivity index (χ4v) is 2.85. The lowest BCUT2D eigenvalue weighted by Gasteiger charge is -2.27. The quantitative estimate of drug-likeness (QED) is 0.829. The summed E-state index contributed by atoms with van der Waals surface area (Å²) < 4.78 is 11.6. The second kappa shape index (κ2) is 5.16. The summed E-state index contributed by atoms with van der Waals surface area (Å²) in [5.74, 6) is 7.25. The normalized spacial score (nSPS) is 17.4. The van der Waals surface area contributed by atoms with Crippen LogP contribution in [0.2, 0.25) is 0 Å². The van der Waals surface area contributed by atoms with Gasteiger partial charge in [-0.05, 0) is 37.3 Å². The van der Waals surface area contributed by atoms with E-state index in [4.69, 9.17) is 20.2 Å². The molecule has 3 rings (SSSR count). The Labute approximate surface area is 107 Å². The van der Waals surface area contributed by atoms with Crippen molar-refractivity contribution < 1.29 is 14.3 Å². The van der Waals surface area contributed by atoms with Crippen molar-refractivity contribution in [2.24, 2.45) is 5.90 Å². The van der Waals surface area contributed by atoms with Gasteiger partial charge in [-0.25, -0.2) is 5.90 Å². The van der Waals surface area contributed by atoms with E-state index in [1.165, 1.54) is 16.7 Å². The fourth-order valence-electron chi connectivity index (χ4n) is 2.85. The molecule has 1 aromatic rings. The zero-order valence-electron chi connectivity index (χ0n) is 10.5. The molecular formula is C14H19NO3. The summed E-state index contributed by atoms with van der Waals surface area (Å²) in [5, 5.41) is 0. The molecule has 98 valence electrons. The van der Waals surface area contributed by atoms with Gasteiger partial charge >= 0.3 is 0 Å². The molecule has 0 bridgehead atoms. The number of fused-ring (bicyclic) bond motifs is 2. The SMILES string of the molecule is NOCCc1c2c(cc3c1OCCC3)OCCC2. The van der Waals surface area contributed by atoms with Crippen molar-refractivity contribution in [3.8, 4) is 11.5 Å². The molecule has 0 radical (unpaired) electrons. The lowest BCUT2D eigenvalue weighted by Crippen LogP contribution is -2.18. The van der Waals surface area contributed by atoms with E-state index in [1.807, 2.05) is 0 Å². The molecule has 2 aliphatic heterocycles. The molecule has 2 heterocycles. The van der Waals surface area contributed by atoms with E-state index >= 15 is 0 Å². The van der Waals surface area contributed by atoms with Gasteiger partial charge in [-0.1, -0.05) is 0 Å². The first kappa shape index (κ1) is 11.8. The molecule has 0 aromatic heterocycles. The van der Waals surface area contributed by atoms with Crippen molar-refractivity contribution in [3.05, 3.63) is 22.8 Å². The minimum Gasteiger partial charge on any atom is -0.493 e. The third-order valence-electron chi connectivity index (χ3n) is 3.67. The van der Waals surface area contributed by atoms with Crippen LogP contribution in [0.25, 0.3) is 0 Å². The Morgan fingerprint density at radius 1 is 1.17 bits per heavy atom. The Morgan fingerprint density at radius 2 is 2.00 bits per heavy atom. The lowest BCUT2D eigenvalue weighted by molar-refractivity contribution is 0.140. The maximum absolute atomic E-state index is 5.87. The fraction of sp³-hybridized carbons (Fsp3) is 0.571. The summed E-state index contributed by atoms with van der Waals surface area (Å²) in [4.78, 5) is 4.73. The number of ether oxygens (including phenoxy) is 2. The predicted molar refractivity (Wildman–Crippen MR) is 67.9 cm³/mol. The number of aryl methyl sites for hydroxylation is 1. The molecule has 0 saturated carbocycles. The molecule has 0 spiro atoms. The second-order valence-electron chi connectivity index (χ2n) is 4.84. The van der Waals surface area contributed by atoms with Gasteiger partial charge < -0.3 is 14.3 Å². The summed E-state index contributed by atoms with van der Waals surface area (Å²) >= 11 is 0. The predicted octanol–water partition coefficient (Wildman–Crippen LogP) is 1.77. The smallest absolute Gasteiger partial charge is 0.126 e. The van der Waals surface area contributed by atoms with E-state index in [2.05, 4.69) is 6.07 Å². The summed E-state index contributed by atoms with van der Waals surface area (Å²) in [6.07, 6.45) is 5.08. The van der Waals surface area contributed by atoms with Crippen LogP contribution in [0.5, 0.6) is 11.5 Å². The number of benzene rings is 1. The maximum atomic E-state index is 5.87. The van der Waals surface area contributed by atoms with Gasteiger partial charge in [0.05, 0.1) is 19.8 Å². The highest BCUT2D eigenvalue weighted by Crippen LogP contribution is 2.39. The van der Waals surface area contributed by atoms with Gasteiger partial charge in [0.15, 0.2) is 0 Å². The van der Waals surface area contributed by atoms with Gasteiger partial charge in [-0.15, -0.1) is 0 Å². The van der Waals surface area contributed by atoms with Crippen LogP contribution in [-0.4, -0.2) is 19.8 Å². The third kappa shape index (κ3) is 2.06. The Bertz CT molecular complexity index is 411. The van der Waals surface area contributed by atoms with Gasteiger partial charge in [0.2, 0.25) is 0 Å². The van der Waals surface area contributed by atoms with Gasteiger partial charge in [-0.2, -0.15) is 0 Å². The average Bonchev–Trinajstić information content (AvgIpc) is 2.43. The average molecular weight is 249 g/mol. The van der Waals surface area contributed by atoms with E-state index in [-0.39, 0.29) is 0 Å². The van der Waals surface area contributed by atoms with E-state index < -0.39 is 0 Å². The van der Waals surface area contributed by atoms with Crippen LogP contribution in [0.1, 0.15) is 29.5 Å². The van der Waals surface area contributed by atoms with Gasteiger partial charge in [0.25, 0.3) is 0 Å². The summed E-state index contributed by atoms with van der Waals surface area (Å²) in [7, 11) is 0. The topological polar surface area (TPSA) is 53.7 Å². The number of hydrogen-bond donors (Lipinski definition) is 1. The van der Waals surface area contributed by atoms with Crippen molar-refractivity contribution in [1.82, 2.24) is 0 Å². The van der Waals surface area contributed by atoms with Gasteiger partial charge in [0.1, 0.15) is 11.5 Å². The molecule has 0 saturated heterocycles. The first-order valence-electron chi connectivity index (χ1n) is 6.65. The van der Waals surface area contributed by atoms with E-state index in [1.54, 1.807) is 0 Å². The first-order chi connectivity index (χ1) is 8.90. The second-order valence-corrected chi connectivity index (χ2v) is 4.84. The number of nitrogens with two attached hydrogens (primary N) is 1. The minimum absolute atomic E-state index is 0.520. The van der Waals surface area contributed by atoms with Crippen LogP contribution < -0.4 is 15.4 Å². The van der Waals surface area contributed by atoms with Crippen molar-refractivity contribution >= 4 is 0 Å². The lowest BCUT2D eigenvalue weighted by atomic mass is 9.92. The van der Waals surface area contributed by atoms with Crippen LogP contribution in [0.4, 0.5) is 0 Å². The van der Waals surface area contributed by atoms with E-state index in [0.717, 1.165) is 56.8 Å². The summed E-state index contributed by atoms with van der Waals surface area (Å²) in [6.45, 7) is 2.15. The summed E-state index contributed by atoms with van der Waals surface area (Å²) in [6, 6.07) is 2.16. The summed E-state index contributed by atoms with van der Waals surface area (Å²) in [5.41, 5.74) is 3.81. The molecule has 0 amide bonds. The van der Waals surface area contributed by atoms with Crippen LogP contribution in [0.15, 0.2) is 6.07 Å². The number of hydrogen-bond acceptors (Lipinski definition) is 4. The third-order valence-corrected chi connectivity index (χ3v) is 3.67. The van der Waals surface area contributed by atoms with Crippen molar-refractivity contribution in [2.75, 3.05) is 19.8 Å². The molecule has 0 atom stereocenters. The minimum atomic E-state index is 0.520. The Kier molecular flexibility index (Phi) is 3.39. The molecule has 2 N–H and O–H groups in total. The molecule has 18 heavy (non-hydrogen) atoms. The Morgan fingerprint density at radius 3 is 2.89 bits per heavy atom.